The van der Waals surface area contributed by atoms with E-state index >= 15 is 0 Å². The number of carbonyl (C=O) groups is 2. The lowest BCUT2D eigenvalue weighted by Gasteiger charge is -2.10. The molecule has 1 aromatic heterocycles. The van der Waals surface area contributed by atoms with Gasteiger partial charge in [0.2, 0.25) is 0 Å². The van der Waals surface area contributed by atoms with Crippen LogP contribution in [0.1, 0.15) is 33.2 Å². The minimum Gasteiger partial charge on any atom is -0.423 e. The fourth-order valence-electron chi connectivity index (χ4n) is 3.20. The van der Waals surface area contributed by atoms with Crippen molar-refractivity contribution in [3.05, 3.63) is 119 Å². The fourth-order valence-corrected chi connectivity index (χ4v) is 3.41. The summed E-state index contributed by atoms with van der Waals surface area (Å²) in [5, 5.41) is 4.56. The van der Waals surface area contributed by atoms with E-state index in [4.69, 9.17) is 16.3 Å². The SMILES string of the molecule is C/C(=N\NC(=O)c1ccccc1-n1cccc1)c1ccc(OC(=O)c2ccccc2Cl)cc1. The number of benzene rings is 3. The summed E-state index contributed by atoms with van der Waals surface area (Å²) in [4.78, 5) is 25.0. The van der Waals surface area contributed by atoms with E-state index in [-0.39, 0.29) is 5.91 Å². The minimum atomic E-state index is -0.535. The minimum absolute atomic E-state index is 0.295. The second-order valence-corrected chi connectivity index (χ2v) is 7.55. The van der Waals surface area contributed by atoms with Gasteiger partial charge >= 0.3 is 5.97 Å². The van der Waals surface area contributed by atoms with E-state index < -0.39 is 5.97 Å². The molecule has 0 bridgehead atoms. The van der Waals surface area contributed by atoms with Crippen molar-refractivity contribution in [1.29, 1.82) is 0 Å². The number of nitrogens with one attached hydrogen (secondary N) is 1. The van der Waals surface area contributed by atoms with Crippen LogP contribution in [0.5, 0.6) is 5.75 Å². The lowest BCUT2D eigenvalue weighted by atomic mass is 10.1. The van der Waals surface area contributed by atoms with Crippen LogP contribution in [0.25, 0.3) is 5.69 Å². The second-order valence-electron chi connectivity index (χ2n) is 7.14. The van der Waals surface area contributed by atoms with Crippen LogP contribution in [0, 0.1) is 0 Å². The molecule has 1 N–H and O–H groups in total. The summed E-state index contributed by atoms with van der Waals surface area (Å²) in [6, 6.07) is 24.6. The predicted molar refractivity (Wildman–Crippen MR) is 128 cm³/mol. The van der Waals surface area contributed by atoms with Crippen LogP contribution in [-0.4, -0.2) is 22.2 Å². The first-order valence-electron chi connectivity index (χ1n) is 10.2. The first kappa shape index (κ1) is 22.0. The normalized spacial score (nSPS) is 11.2. The van der Waals surface area contributed by atoms with Crippen molar-refractivity contribution >= 4 is 29.2 Å². The van der Waals surface area contributed by atoms with Crippen molar-refractivity contribution in [3.8, 4) is 11.4 Å². The molecule has 164 valence electrons. The summed E-state index contributed by atoms with van der Waals surface area (Å²) < 4.78 is 7.25. The molecular formula is C26H20ClN3O3. The first-order valence-corrected chi connectivity index (χ1v) is 10.5. The zero-order valence-corrected chi connectivity index (χ0v) is 18.5. The molecule has 0 spiro atoms. The molecule has 0 saturated carbocycles. The van der Waals surface area contributed by atoms with E-state index in [9.17, 15) is 9.59 Å². The molecule has 1 amide bonds. The van der Waals surface area contributed by atoms with Crippen LogP contribution < -0.4 is 10.2 Å². The Morgan fingerprint density at radius 3 is 2.18 bits per heavy atom. The van der Waals surface area contributed by atoms with Gasteiger partial charge in [-0.15, -0.1) is 0 Å². The topological polar surface area (TPSA) is 72.7 Å². The molecule has 0 atom stereocenters. The summed E-state index contributed by atoms with van der Waals surface area (Å²) in [7, 11) is 0. The van der Waals surface area contributed by atoms with E-state index in [1.807, 2.05) is 41.2 Å². The van der Waals surface area contributed by atoms with Gasteiger partial charge in [-0.2, -0.15) is 5.10 Å². The van der Waals surface area contributed by atoms with Gasteiger partial charge in [0.25, 0.3) is 5.91 Å². The number of carbonyl (C=O) groups excluding carboxylic acids is 2. The average Bonchev–Trinajstić information content (AvgIpc) is 3.38. The third-order valence-electron chi connectivity index (χ3n) is 4.93. The second kappa shape index (κ2) is 9.97. The van der Waals surface area contributed by atoms with Gasteiger partial charge in [-0.05, 0) is 73.2 Å². The number of ether oxygens (including phenoxy) is 1. The highest BCUT2D eigenvalue weighted by atomic mass is 35.5. The van der Waals surface area contributed by atoms with E-state index in [1.165, 1.54) is 0 Å². The molecule has 0 aliphatic rings. The maximum Gasteiger partial charge on any atom is 0.345 e. The third-order valence-corrected chi connectivity index (χ3v) is 5.26. The van der Waals surface area contributed by atoms with Gasteiger partial charge in [0.1, 0.15) is 5.75 Å². The molecule has 0 saturated heterocycles. The number of aromatic nitrogens is 1. The molecule has 4 aromatic rings. The Hall–Kier alpha value is -4.16. The fraction of sp³-hybridized carbons (Fsp3) is 0.0385. The van der Waals surface area contributed by atoms with Gasteiger partial charge in [-0.25, -0.2) is 10.2 Å². The molecule has 1 heterocycles. The maximum atomic E-state index is 12.7. The smallest absolute Gasteiger partial charge is 0.345 e. The number of esters is 1. The Morgan fingerprint density at radius 1 is 0.848 bits per heavy atom. The van der Waals surface area contributed by atoms with Crippen LogP contribution >= 0.6 is 11.6 Å². The van der Waals surface area contributed by atoms with Crippen LogP contribution in [0.3, 0.4) is 0 Å². The number of hydrogen-bond acceptors (Lipinski definition) is 4. The molecule has 0 unspecified atom stereocenters. The molecule has 3 aromatic carbocycles. The van der Waals surface area contributed by atoms with Crippen molar-refractivity contribution in [2.24, 2.45) is 5.10 Å². The van der Waals surface area contributed by atoms with Gasteiger partial charge in [-0.3, -0.25) is 4.79 Å². The quantitative estimate of drug-likeness (QED) is 0.180. The van der Waals surface area contributed by atoms with Crippen molar-refractivity contribution < 1.29 is 14.3 Å². The van der Waals surface area contributed by atoms with Crippen LogP contribution in [0.4, 0.5) is 0 Å². The van der Waals surface area contributed by atoms with Crippen LogP contribution in [0.15, 0.2) is 102 Å². The Bertz CT molecular complexity index is 1310. The number of halogens is 1. The van der Waals surface area contributed by atoms with Crippen LogP contribution in [-0.2, 0) is 0 Å². The van der Waals surface area contributed by atoms with E-state index in [2.05, 4.69) is 10.5 Å². The van der Waals surface area contributed by atoms with E-state index in [0.29, 0.717) is 27.6 Å². The molecule has 7 heteroatoms. The Balaban J connectivity index is 1.43. The van der Waals surface area contributed by atoms with E-state index in [0.717, 1.165) is 11.3 Å². The summed E-state index contributed by atoms with van der Waals surface area (Å²) in [5.74, 6) is -0.475. The number of hydrogen-bond donors (Lipinski definition) is 1. The lowest BCUT2D eigenvalue weighted by molar-refractivity contribution is 0.0734. The highest BCUT2D eigenvalue weighted by Gasteiger charge is 2.13. The molecule has 0 radical (unpaired) electrons. The molecule has 0 aliphatic heterocycles. The number of hydrazone groups is 1. The lowest BCUT2D eigenvalue weighted by Crippen LogP contribution is -2.21. The summed E-state index contributed by atoms with van der Waals surface area (Å²) in [5.41, 5.74) is 5.55. The average molecular weight is 458 g/mol. The Labute approximate surface area is 196 Å². The maximum absolute atomic E-state index is 12.7. The number of rotatable bonds is 6. The van der Waals surface area contributed by atoms with E-state index in [1.54, 1.807) is 67.6 Å². The number of para-hydroxylation sites is 1. The highest BCUT2D eigenvalue weighted by molar-refractivity contribution is 6.33. The molecular weight excluding hydrogens is 438 g/mol. The van der Waals surface area contributed by atoms with Gasteiger partial charge < -0.3 is 9.30 Å². The summed E-state index contributed by atoms with van der Waals surface area (Å²) in [6.45, 7) is 1.78. The third kappa shape index (κ3) is 5.19. The molecule has 4 rings (SSSR count). The van der Waals surface area contributed by atoms with Crippen molar-refractivity contribution in [2.45, 2.75) is 6.92 Å². The largest absolute Gasteiger partial charge is 0.423 e. The molecule has 0 fully saturated rings. The zero-order chi connectivity index (χ0) is 23.2. The Morgan fingerprint density at radius 2 is 1.48 bits per heavy atom. The highest BCUT2D eigenvalue weighted by Crippen LogP contribution is 2.19. The standard InChI is InChI=1S/C26H20ClN3O3/c1-18(28-29-25(31)22-9-3-5-11-24(22)30-16-6-7-17-30)19-12-14-20(15-13-19)33-26(32)21-8-2-4-10-23(21)27/h2-17H,1H3,(H,29,31)/b28-18+. The Kier molecular flexibility index (Phi) is 6.66. The molecule has 0 aliphatic carbocycles. The number of nitrogens with zero attached hydrogens (tertiary/aromatic N) is 2. The zero-order valence-electron chi connectivity index (χ0n) is 17.7. The summed E-state index contributed by atoms with van der Waals surface area (Å²) in [6.07, 6.45) is 3.75. The molecule has 6 nitrogen and oxygen atoms in total. The first-order chi connectivity index (χ1) is 16.0. The van der Waals surface area contributed by atoms with Gasteiger partial charge in [0, 0.05) is 12.4 Å². The van der Waals surface area contributed by atoms with Crippen molar-refractivity contribution in [1.82, 2.24) is 9.99 Å². The van der Waals surface area contributed by atoms with Gasteiger partial charge in [-0.1, -0.05) is 35.9 Å². The predicted octanol–water partition coefficient (Wildman–Crippen LogP) is 5.50. The van der Waals surface area contributed by atoms with Crippen molar-refractivity contribution in [2.75, 3.05) is 0 Å². The monoisotopic (exact) mass is 457 g/mol. The van der Waals surface area contributed by atoms with Crippen LogP contribution in [0.2, 0.25) is 5.02 Å². The van der Waals surface area contributed by atoms with Gasteiger partial charge in [0.15, 0.2) is 0 Å². The number of amides is 1. The van der Waals surface area contributed by atoms with Gasteiger partial charge in [0.05, 0.1) is 27.5 Å². The van der Waals surface area contributed by atoms with Crippen molar-refractivity contribution in [3.63, 3.8) is 0 Å². The molecule has 33 heavy (non-hydrogen) atoms. The summed E-state index contributed by atoms with van der Waals surface area (Å²) >= 11 is 6.04.